The first-order valence-electron chi connectivity index (χ1n) is 9.80. The van der Waals surface area contributed by atoms with Crippen LogP contribution in [-0.4, -0.2) is 35.8 Å². The Morgan fingerprint density at radius 1 is 1.21 bits per heavy atom. The van der Waals surface area contributed by atoms with Gasteiger partial charge in [-0.3, -0.25) is 0 Å². The van der Waals surface area contributed by atoms with Gasteiger partial charge in [0.25, 0.3) is 0 Å². The Labute approximate surface area is 171 Å². The number of carbonyl (C=O) groups is 2. The van der Waals surface area contributed by atoms with Crippen LogP contribution in [0, 0.1) is 5.92 Å². The number of amides is 2. The van der Waals surface area contributed by atoms with Gasteiger partial charge in [-0.1, -0.05) is 30.3 Å². The van der Waals surface area contributed by atoms with E-state index in [1.165, 1.54) is 0 Å². The number of hydrogen-bond donors (Lipinski definition) is 1. The maximum Gasteiger partial charge on any atom is 0.410 e. The third-order valence-electron chi connectivity index (χ3n) is 4.68. The molecule has 0 bridgehead atoms. The third kappa shape index (κ3) is 6.01. The number of alkyl carbamates (subject to hydrolysis) is 1. The molecule has 2 amide bonds. The fourth-order valence-electron chi connectivity index (χ4n) is 3.36. The second-order valence-electron chi connectivity index (χ2n) is 8.17. The summed E-state index contributed by atoms with van der Waals surface area (Å²) < 4.78 is 16.4. The first kappa shape index (κ1) is 20.8. The van der Waals surface area contributed by atoms with Crippen LogP contribution in [0.2, 0.25) is 0 Å². The van der Waals surface area contributed by atoms with Crippen LogP contribution in [0.3, 0.4) is 0 Å². The van der Waals surface area contributed by atoms with E-state index in [0.717, 1.165) is 12.0 Å². The molecule has 1 aromatic carbocycles. The van der Waals surface area contributed by atoms with Crippen LogP contribution < -0.4 is 5.32 Å². The van der Waals surface area contributed by atoms with E-state index in [1.54, 1.807) is 17.2 Å². The van der Waals surface area contributed by atoms with Crippen LogP contribution in [0.1, 0.15) is 44.6 Å². The van der Waals surface area contributed by atoms with Crippen LogP contribution in [-0.2, 0) is 16.1 Å². The smallest absolute Gasteiger partial charge is 0.410 e. The van der Waals surface area contributed by atoms with Gasteiger partial charge >= 0.3 is 12.2 Å². The van der Waals surface area contributed by atoms with Crippen LogP contribution >= 0.6 is 0 Å². The zero-order valence-electron chi connectivity index (χ0n) is 17.1. The summed E-state index contributed by atoms with van der Waals surface area (Å²) >= 11 is 0. The van der Waals surface area contributed by atoms with Crippen molar-refractivity contribution in [2.45, 2.75) is 45.4 Å². The highest BCUT2D eigenvalue weighted by atomic mass is 16.6. The first-order chi connectivity index (χ1) is 13.8. The Hall–Kier alpha value is -2.96. The number of ether oxygens (including phenoxy) is 2. The lowest BCUT2D eigenvalue weighted by Crippen LogP contribution is -2.39. The van der Waals surface area contributed by atoms with E-state index in [0.29, 0.717) is 18.8 Å². The number of rotatable bonds is 5. The number of nitrogens with one attached hydrogen (secondary N) is 1. The Morgan fingerprint density at radius 3 is 2.62 bits per heavy atom. The standard InChI is InChI=1S/C22H28N2O5/c1-22(2,3)29-20(25)23-19(18-10-7-13-27-18)17-11-12-24(14-17)21(26)28-15-16-8-5-4-6-9-16/h4-10,13,17,19H,11-12,14-15H2,1-3H3,(H,23,25)/t17?,19-/m1/s1. The van der Waals surface area contributed by atoms with Crippen molar-refractivity contribution in [1.82, 2.24) is 10.2 Å². The van der Waals surface area contributed by atoms with Gasteiger partial charge in [-0.2, -0.15) is 0 Å². The van der Waals surface area contributed by atoms with Gasteiger partial charge in [0.15, 0.2) is 0 Å². The largest absolute Gasteiger partial charge is 0.467 e. The molecule has 1 aliphatic rings. The predicted octanol–water partition coefficient (Wildman–Crippen LogP) is 4.50. The zero-order valence-corrected chi connectivity index (χ0v) is 17.1. The van der Waals surface area contributed by atoms with Crippen molar-refractivity contribution in [1.29, 1.82) is 0 Å². The third-order valence-corrected chi connectivity index (χ3v) is 4.68. The van der Waals surface area contributed by atoms with Crippen LogP contribution in [0.5, 0.6) is 0 Å². The first-order valence-corrected chi connectivity index (χ1v) is 9.80. The van der Waals surface area contributed by atoms with E-state index in [9.17, 15) is 9.59 Å². The highest BCUT2D eigenvalue weighted by Gasteiger charge is 2.36. The minimum atomic E-state index is -0.596. The summed E-state index contributed by atoms with van der Waals surface area (Å²) in [6.45, 7) is 6.70. The van der Waals surface area contributed by atoms with Crippen molar-refractivity contribution in [3.05, 3.63) is 60.1 Å². The molecule has 1 aromatic heterocycles. The molecule has 7 heteroatoms. The summed E-state index contributed by atoms with van der Waals surface area (Å²) in [5, 5.41) is 2.90. The molecule has 1 unspecified atom stereocenters. The molecule has 0 spiro atoms. The lowest BCUT2D eigenvalue weighted by atomic mass is 9.97. The van der Waals surface area contributed by atoms with Crippen molar-refractivity contribution < 1.29 is 23.5 Å². The van der Waals surface area contributed by atoms with E-state index >= 15 is 0 Å². The average molecular weight is 400 g/mol. The molecule has 1 fully saturated rings. The molecule has 156 valence electrons. The number of furan rings is 1. The SMILES string of the molecule is CC(C)(C)OC(=O)N[C@@H](c1ccco1)C1CCN(C(=O)OCc2ccccc2)C1. The number of benzene rings is 1. The summed E-state index contributed by atoms with van der Waals surface area (Å²) in [5.74, 6) is 0.637. The minimum Gasteiger partial charge on any atom is -0.467 e. The van der Waals surface area contributed by atoms with E-state index < -0.39 is 11.7 Å². The van der Waals surface area contributed by atoms with E-state index in [4.69, 9.17) is 13.9 Å². The Morgan fingerprint density at radius 2 is 1.97 bits per heavy atom. The maximum atomic E-state index is 12.5. The fraction of sp³-hybridized carbons (Fsp3) is 0.455. The second-order valence-corrected chi connectivity index (χ2v) is 8.17. The summed E-state index contributed by atoms with van der Waals surface area (Å²) in [6.07, 6.45) is 1.43. The van der Waals surface area contributed by atoms with Gasteiger partial charge in [0.1, 0.15) is 18.0 Å². The van der Waals surface area contributed by atoms with E-state index in [-0.39, 0.29) is 24.7 Å². The van der Waals surface area contributed by atoms with Gasteiger partial charge in [-0.05, 0) is 44.9 Å². The van der Waals surface area contributed by atoms with Crippen LogP contribution in [0.25, 0.3) is 0 Å². The number of likely N-dealkylation sites (tertiary alicyclic amines) is 1. The van der Waals surface area contributed by atoms with Crippen molar-refractivity contribution >= 4 is 12.2 Å². The molecule has 0 aliphatic carbocycles. The van der Waals surface area contributed by atoms with Gasteiger partial charge in [-0.15, -0.1) is 0 Å². The van der Waals surface area contributed by atoms with Crippen molar-refractivity contribution in [3.8, 4) is 0 Å². The average Bonchev–Trinajstić information content (AvgIpc) is 3.36. The number of hydrogen-bond acceptors (Lipinski definition) is 5. The normalized spacial score (nSPS) is 17.6. The lowest BCUT2D eigenvalue weighted by Gasteiger charge is -2.26. The van der Waals surface area contributed by atoms with Gasteiger partial charge < -0.3 is 24.1 Å². The Balaban J connectivity index is 1.59. The molecular weight excluding hydrogens is 372 g/mol. The molecule has 2 aromatic rings. The summed E-state index contributed by atoms with van der Waals surface area (Å²) in [6, 6.07) is 12.8. The Bertz CT molecular complexity index is 798. The molecule has 29 heavy (non-hydrogen) atoms. The van der Waals surface area contributed by atoms with Crippen LogP contribution in [0.4, 0.5) is 9.59 Å². The monoisotopic (exact) mass is 400 g/mol. The quantitative estimate of drug-likeness (QED) is 0.799. The molecule has 2 atom stereocenters. The highest BCUT2D eigenvalue weighted by Crippen LogP contribution is 2.31. The zero-order chi connectivity index (χ0) is 20.9. The molecule has 0 radical (unpaired) electrons. The summed E-state index contributed by atoms with van der Waals surface area (Å²) in [4.78, 5) is 26.4. The summed E-state index contributed by atoms with van der Waals surface area (Å²) in [5.41, 5.74) is 0.345. The van der Waals surface area contributed by atoms with Gasteiger partial charge in [0.05, 0.1) is 12.3 Å². The number of carbonyl (C=O) groups excluding carboxylic acids is 2. The summed E-state index contributed by atoms with van der Waals surface area (Å²) in [7, 11) is 0. The van der Waals surface area contributed by atoms with Crippen LogP contribution in [0.15, 0.2) is 53.1 Å². The number of nitrogens with zero attached hydrogens (tertiary/aromatic N) is 1. The topological polar surface area (TPSA) is 81.0 Å². The van der Waals surface area contributed by atoms with Crippen molar-refractivity contribution in [2.75, 3.05) is 13.1 Å². The molecule has 3 rings (SSSR count). The van der Waals surface area contributed by atoms with Crippen molar-refractivity contribution in [2.24, 2.45) is 5.92 Å². The highest BCUT2D eigenvalue weighted by molar-refractivity contribution is 5.69. The molecule has 1 N–H and O–H groups in total. The molecule has 0 saturated carbocycles. The van der Waals surface area contributed by atoms with Gasteiger partial charge in [0, 0.05) is 19.0 Å². The predicted molar refractivity (Wildman–Crippen MR) is 107 cm³/mol. The van der Waals surface area contributed by atoms with Gasteiger partial charge in [0.2, 0.25) is 0 Å². The second kappa shape index (κ2) is 9.03. The molecular formula is C22H28N2O5. The molecule has 7 nitrogen and oxygen atoms in total. The maximum absolute atomic E-state index is 12.5. The van der Waals surface area contributed by atoms with Gasteiger partial charge in [-0.25, -0.2) is 9.59 Å². The molecule has 1 saturated heterocycles. The minimum absolute atomic E-state index is 0.00190. The lowest BCUT2D eigenvalue weighted by molar-refractivity contribution is 0.0476. The van der Waals surface area contributed by atoms with E-state index in [1.807, 2.05) is 57.2 Å². The van der Waals surface area contributed by atoms with E-state index in [2.05, 4.69) is 5.32 Å². The molecule has 2 heterocycles. The Kier molecular flexibility index (Phi) is 6.46. The van der Waals surface area contributed by atoms with Crippen molar-refractivity contribution in [3.63, 3.8) is 0 Å². The fourth-order valence-corrected chi connectivity index (χ4v) is 3.36. The molecule has 1 aliphatic heterocycles.